The van der Waals surface area contributed by atoms with Gasteiger partial charge in [0.15, 0.2) is 5.78 Å². The Balaban J connectivity index is 1.76. The summed E-state index contributed by atoms with van der Waals surface area (Å²) < 4.78 is 0. The first-order valence-electron chi connectivity index (χ1n) is 8.06. The molecule has 1 aliphatic rings. The van der Waals surface area contributed by atoms with Crippen molar-refractivity contribution in [2.24, 2.45) is 0 Å². The van der Waals surface area contributed by atoms with Crippen molar-refractivity contribution < 1.29 is 4.79 Å². The van der Waals surface area contributed by atoms with Crippen LogP contribution in [0, 0.1) is 0 Å². The third-order valence-corrected chi connectivity index (χ3v) is 4.52. The molecule has 3 rings (SSSR count). The van der Waals surface area contributed by atoms with E-state index in [-0.39, 0.29) is 5.78 Å². The van der Waals surface area contributed by atoms with E-state index in [1.165, 1.54) is 19.3 Å². The highest BCUT2D eigenvalue weighted by atomic mass is 35.5. The number of ketones is 1. The lowest BCUT2D eigenvalue weighted by molar-refractivity contribution is 0.104. The van der Waals surface area contributed by atoms with E-state index in [4.69, 9.17) is 11.6 Å². The normalized spacial score (nSPS) is 15.1. The van der Waals surface area contributed by atoms with Gasteiger partial charge in [0.1, 0.15) is 0 Å². The number of hydrogen-bond donors (Lipinski definition) is 0. The Kier molecular flexibility index (Phi) is 5.14. The lowest BCUT2D eigenvalue weighted by Crippen LogP contribution is -2.29. The van der Waals surface area contributed by atoms with Gasteiger partial charge in [0.25, 0.3) is 0 Å². The van der Waals surface area contributed by atoms with Crippen LogP contribution in [0.15, 0.2) is 54.6 Å². The Bertz CT molecular complexity index is 717. The van der Waals surface area contributed by atoms with Crippen LogP contribution >= 0.6 is 11.6 Å². The standard InChI is InChI=1S/C20H20ClNO/c21-19-10-3-2-7-16(19)11-12-20(23)17-8-6-9-18(15-17)22-13-4-1-5-14-22/h2-3,6-12,15H,1,4-5,13-14H2/b12-11+. The number of nitrogens with zero attached hydrogens (tertiary/aromatic N) is 1. The average molecular weight is 326 g/mol. The van der Waals surface area contributed by atoms with Crippen LogP contribution in [-0.4, -0.2) is 18.9 Å². The Morgan fingerprint density at radius 2 is 1.78 bits per heavy atom. The van der Waals surface area contributed by atoms with Crippen LogP contribution in [0.5, 0.6) is 0 Å². The number of carbonyl (C=O) groups is 1. The molecule has 0 spiro atoms. The molecule has 0 amide bonds. The van der Waals surface area contributed by atoms with E-state index in [1.807, 2.05) is 42.5 Å². The number of benzene rings is 2. The van der Waals surface area contributed by atoms with Gasteiger partial charge in [0, 0.05) is 29.4 Å². The van der Waals surface area contributed by atoms with E-state index < -0.39 is 0 Å². The van der Waals surface area contributed by atoms with Crippen molar-refractivity contribution in [2.45, 2.75) is 19.3 Å². The fraction of sp³-hybridized carbons (Fsp3) is 0.250. The van der Waals surface area contributed by atoms with E-state index in [0.29, 0.717) is 5.02 Å². The molecule has 0 saturated carbocycles. The molecule has 2 aromatic rings. The summed E-state index contributed by atoms with van der Waals surface area (Å²) in [7, 11) is 0. The van der Waals surface area contributed by atoms with Crippen LogP contribution < -0.4 is 4.90 Å². The first-order valence-corrected chi connectivity index (χ1v) is 8.44. The molecule has 23 heavy (non-hydrogen) atoms. The molecule has 0 bridgehead atoms. The second-order valence-electron chi connectivity index (χ2n) is 5.82. The van der Waals surface area contributed by atoms with Crippen LogP contribution in [0.2, 0.25) is 5.02 Å². The van der Waals surface area contributed by atoms with Gasteiger partial charge >= 0.3 is 0 Å². The number of anilines is 1. The monoisotopic (exact) mass is 325 g/mol. The maximum absolute atomic E-state index is 12.4. The zero-order valence-electron chi connectivity index (χ0n) is 13.0. The van der Waals surface area contributed by atoms with Gasteiger partial charge < -0.3 is 4.90 Å². The average Bonchev–Trinajstić information content (AvgIpc) is 2.62. The van der Waals surface area contributed by atoms with E-state index in [2.05, 4.69) is 11.0 Å². The Labute approximate surface area is 142 Å². The molecule has 118 valence electrons. The SMILES string of the molecule is O=C(/C=C/c1ccccc1Cl)c1cccc(N2CCCCC2)c1. The van der Waals surface area contributed by atoms with Crippen molar-refractivity contribution in [3.8, 4) is 0 Å². The summed E-state index contributed by atoms with van der Waals surface area (Å²) in [6, 6.07) is 15.4. The second kappa shape index (κ2) is 7.47. The van der Waals surface area contributed by atoms with Crippen LogP contribution in [0.25, 0.3) is 6.08 Å². The maximum Gasteiger partial charge on any atom is 0.185 e. The van der Waals surface area contributed by atoms with Gasteiger partial charge in [-0.2, -0.15) is 0 Å². The zero-order valence-corrected chi connectivity index (χ0v) is 13.8. The fourth-order valence-electron chi connectivity index (χ4n) is 2.88. The van der Waals surface area contributed by atoms with Gasteiger partial charge in [-0.3, -0.25) is 4.79 Å². The minimum atomic E-state index is 0.00350. The number of allylic oxidation sites excluding steroid dienone is 1. The van der Waals surface area contributed by atoms with Crippen molar-refractivity contribution in [3.05, 3.63) is 70.8 Å². The fourth-order valence-corrected chi connectivity index (χ4v) is 3.08. The Morgan fingerprint density at radius 1 is 1.00 bits per heavy atom. The van der Waals surface area contributed by atoms with Gasteiger partial charge in [0.2, 0.25) is 0 Å². The molecule has 1 saturated heterocycles. The molecule has 1 fully saturated rings. The van der Waals surface area contributed by atoms with Crippen LogP contribution in [0.3, 0.4) is 0 Å². The molecule has 0 aromatic heterocycles. The van der Waals surface area contributed by atoms with Crippen molar-refractivity contribution in [1.29, 1.82) is 0 Å². The molecule has 0 aliphatic carbocycles. The zero-order chi connectivity index (χ0) is 16.1. The lowest BCUT2D eigenvalue weighted by Gasteiger charge is -2.29. The number of hydrogen-bond acceptors (Lipinski definition) is 2. The molecule has 0 N–H and O–H groups in total. The smallest absolute Gasteiger partial charge is 0.185 e. The van der Waals surface area contributed by atoms with Gasteiger partial charge in [0.05, 0.1) is 0 Å². The van der Waals surface area contributed by atoms with Crippen molar-refractivity contribution in [3.63, 3.8) is 0 Å². The Hall–Kier alpha value is -2.06. The lowest BCUT2D eigenvalue weighted by atomic mass is 10.1. The summed E-state index contributed by atoms with van der Waals surface area (Å²) in [5, 5.41) is 0.651. The van der Waals surface area contributed by atoms with Crippen molar-refractivity contribution >= 4 is 29.1 Å². The largest absolute Gasteiger partial charge is 0.372 e. The number of halogens is 1. The third kappa shape index (κ3) is 4.02. The van der Waals surface area contributed by atoms with Crippen molar-refractivity contribution in [1.82, 2.24) is 0 Å². The summed E-state index contributed by atoms with van der Waals surface area (Å²) >= 11 is 6.11. The highest BCUT2D eigenvalue weighted by Gasteiger charge is 2.12. The van der Waals surface area contributed by atoms with Crippen LogP contribution in [0.1, 0.15) is 35.2 Å². The molecule has 0 atom stereocenters. The highest BCUT2D eigenvalue weighted by molar-refractivity contribution is 6.32. The molecule has 1 aliphatic heterocycles. The van der Waals surface area contributed by atoms with Gasteiger partial charge in [-0.25, -0.2) is 0 Å². The third-order valence-electron chi connectivity index (χ3n) is 4.17. The maximum atomic E-state index is 12.4. The quantitative estimate of drug-likeness (QED) is 0.567. The van der Waals surface area contributed by atoms with Gasteiger partial charge in [-0.15, -0.1) is 0 Å². The summed E-state index contributed by atoms with van der Waals surface area (Å²) in [6.07, 6.45) is 7.12. The van der Waals surface area contributed by atoms with Crippen molar-refractivity contribution in [2.75, 3.05) is 18.0 Å². The molecule has 0 radical (unpaired) electrons. The first kappa shape index (κ1) is 15.8. The van der Waals surface area contributed by atoms with Crippen LogP contribution in [-0.2, 0) is 0 Å². The summed E-state index contributed by atoms with van der Waals surface area (Å²) in [5.41, 5.74) is 2.72. The number of rotatable bonds is 4. The molecule has 0 unspecified atom stereocenters. The topological polar surface area (TPSA) is 20.3 Å². The first-order chi connectivity index (χ1) is 11.2. The minimum Gasteiger partial charge on any atom is -0.372 e. The summed E-state index contributed by atoms with van der Waals surface area (Å²) in [4.78, 5) is 14.8. The molecular weight excluding hydrogens is 306 g/mol. The molecule has 2 nitrogen and oxygen atoms in total. The number of carbonyl (C=O) groups excluding carboxylic acids is 1. The molecule has 2 aromatic carbocycles. The summed E-state index contributed by atoms with van der Waals surface area (Å²) in [5.74, 6) is 0.00350. The number of piperidine rings is 1. The summed E-state index contributed by atoms with van der Waals surface area (Å²) in [6.45, 7) is 2.15. The van der Waals surface area contributed by atoms with E-state index in [0.717, 1.165) is 29.9 Å². The second-order valence-corrected chi connectivity index (χ2v) is 6.22. The molecular formula is C20H20ClNO. The van der Waals surface area contributed by atoms with E-state index in [9.17, 15) is 4.79 Å². The Morgan fingerprint density at radius 3 is 2.57 bits per heavy atom. The van der Waals surface area contributed by atoms with E-state index in [1.54, 1.807) is 12.2 Å². The van der Waals surface area contributed by atoms with Crippen LogP contribution in [0.4, 0.5) is 5.69 Å². The highest BCUT2D eigenvalue weighted by Crippen LogP contribution is 2.22. The predicted molar refractivity (Wildman–Crippen MR) is 97.3 cm³/mol. The molecule has 1 heterocycles. The minimum absolute atomic E-state index is 0.00350. The van der Waals surface area contributed by atoms with Gasteiger partial charge in [-0.05, 0) is 55.2 Å². The van der Waals surface area contributed by atoms with Gasteiger partial charge in [-0.1, -0.05) is 41.9 Å². The molecule has 3 heteroatoms. The predicted octanol–water partition coefficient (Wildman–Crippen LogP) is 5.23. The van der Waals surface area contributed by atoms with E-state index >= 15 is 0 Å².